The lowest BCUT2D eigenvalue weighted by atomic mass is 10.1. The molecule has 1 aromatic rings. The highest BCUT2D eigenvalue weighted by Crippen LogP contribution is 2.15. The Hall–Kier alpha value is -1.31. The van der Waals surface area contributed by atoms with E-state index in [0.717, 1.165) is 3.57 Å². The number of nitrogens with one attached hydrogen (secondary N) is 1. The Morgan fingerprint density at radius 3 is 2.82 bits per heavy atom. The van der Waals surface area contributed by atoms with Gasteiger partial charge in [-0.2, -0.15) is 0 Å². The Morgan fingerprint density at radius 1 is 1.47 bits per heavy atom. The number of esters is 1. The lowest BCUT2D eigenvalue weighted by Crippen LogP contribution is -2.31. The van der Waals surface area contributed by atoms with Crippen molar-refractivity contribution >= 4 is 40.2 Å². The molecule has 17 heavy (non-hydrogen) atoms. The van der Waals surface area contributed by atoms with Crippen molar-refractivity contribution < 1.29 is 14.3 Å². The van der Waals surface area contributed by atoms with Crippen molar-refractivity contribution in [2.45, 2.75) is 6.92 Å². The third kappa shape index (κ3) is 4.22. The van der Waals surface area contributed by atoms with Crippen LogP contribution >= 0.6 is 22.6 Å². The van der Waals surface area contributed by atoms with Crippen molar-refractivity contribution in [3.63, 3.8) is 0 Å². The van der Waals surface area contributed by atoms with Gasteiger partial charge in [0.05, 0.1) is 12.2 Å². The highest BCUT2D eigenvalue weighted by molar-refractivity contribution is 14.1. The van der Waals surface area contributed by atoms with Gasteiger partial charge in [-0.15, -0.1) is 0 Å². The van der Waals surface area contributed by atoms with Gasteiger partial charge >= 0.3 is 5.97 Å². The van der Waals surface area contributed by atoms with Gasteiger partial charge in [0.15, 0.2) is 0 Å². The monoisotopic (exact) mass is 348 g/mol. The molecule has 0 aliphatic rings. The molecule has 5 nitrogen and oxygen atoms in total. The predicted molar refractivity (Wildman–Crippen MR) is 72.5 cm³/mol. The van der Waals surface area contributed by atoms with Crippen LogP contribution < -0.4 is 11.1 Å². The van der Waals surface area contributed by atoms with Gasteiger partial charge in [-0.05, 0) is 47.7 Å². The normalized spacial score (nSPS) is 9.76. The number of hydrogen-bond donors (Lipinski definition) is 2. The molecule has 0 spiro atoms. The Bertz CT molecular complexity index is 435. The van der Waals surface area contributed by atoms with Crippen molar-refractivity contribution in [3.05, 3.63) is 27.3 Å². The molecule has 1 amide bonds. The van der Waals surface area contributed by atoms with Crippen molar-refractivity contribution in [1.82, 2.24) is 5.32 Å². The minimum absolute atomic E-state index is 0.155. The molecule has 0 bridgehead atoms. The summed E-state index contributed by atoms with van der Waals surface area (Å²) in [6.45, 7) is 1.84. The third-order valence-electron chi connectivity index (χ3n) is 1.96. The van der Waals surface area contributed by atoms with Crippen LogP contribution in [-0.4, -0.2) is 25.0 Å². The van der Waals surface area contributed by atoms with Gasteiger partial charge in [0, 0.05) is 9.26 Å². The predicted octanol–water partition coefficient (Wildman–Crippen LogP) is 1.17. The number of ether oxygens (including phenoxy) is 1. The zero-order valence-electron chi connectivity index (χ0n) is 9.33. The van der Waals surface area contributed by atoms with Crippen LogP contribution in [0.5, 0.6) is 0 Å². The summed E-state index contributed by atoms with van der Waals surface area (Å²) in [5.74, 6) is -0.848. The Labute approximate surface area is 113 Å². The maximum absolute atomic E-state index is 11.7. The fourth-order valence-corrected chi connectivity index (χ4v) is 1.68. The van der Waals surface area contributed by atoms with Gasteiger partial charge in [-0.3, -0.25) is 9.59 Å². The number of benzene rings is 1. The Kier molecular flexibility index (Phi) is 5.20. The summed E-state index contributed by atoms with van der Waals surface area (Å²) in [5, 5.41) is 2.45. The molecule has 0 aliphatic heterocycles. The summed E-state index contributed by atoms with van der Waals surface area (Å²) in [6.07, 6.45) is 0. The van der Waals surface area contributed by atoms with Crippen LogP contribution in [0.15, 0.2) is 18.2 Å². The zero-order valence-corrected chi connectivity index (χ0v) is 11.5. The van der Waals surface area contributed by atoms with Crippen molar-refractivity contribution in [3.8, 4) is 0 Å². The van der Waals surface area contributed by atoms with Crippen LogP contribution in [0.3, 0.4) is 0 Å². The van der Waals surface area contributed by atoms with Crippen molar-refractivity contribution in [2.24, 2.45) is 0 Å². The number of carbonyl (C=O) groups is 2. The first-order chi connectivity index (χ1) is 8.04. The van der Waals surface area contributed by atoms with Gasteiger partial charge in [-0.25, -0.2) is 0 Å². The summed E-state index contributed by atoms with van der Waals surface area (Å²) in [6, 6.07) is 5.12. The maximum atomic E-state index is 11.7. The van der Waals surface area contributed by atoms with Gasteiger partial charge in [0.25, 0.3) is 5.91 Å². The van der Waals surface area contributed by atoms with E-state index in [1.165, 1.54) is 0 Å². The lowest BCUT2D eigenvalue weighted by molar-refractivity contribution is -0.141. The average molecular weight is 348 g/mol. The number of carbonyl (C=O) groups excluding carboxylic acids is 2. The summed E-state index contributed by atoms with van der Waals surface area (Å²) < 4.78 is 5.60. The van der Waals surface area contributed by atoms with Gasteiger partial charge in [0.1, 0.15) is 6.54 Å². The number of amides is 1. The number of nitrogens with two attached hydrogens (primary N) is 1. The first kappa shape index (κ1) is 13.8. The summed E-state index contributed by atoms with van der Waals surface area (Å²) >= 11 is 2.08. The highest BCUT2D eigenvalue weighted by atomic mass is 127. The van der Waals surface area contributed by atoms with E-state index in [4.69, 9.17) is 10.5 Å². The molecule has 0 aromatic heterocycles. The first-order valence-electron chi connectivity index (χ1n) is 5.03. The van der Waals surface area contributed by atoms with Crippen LogP contribution in [0.4, 0.5) is 5.69 Å². The molecule has 0 saturated heterocycles. The maximum Gasteiger partial charge on any atom is 0.325 e. The van der Waals surface area contributed by atoms with Crippen LogP contribution in [-0.2, 0) is 9.53 Å². The summed E-state index contributed by atoms with van der Waals surface area (Å²) in [5.41, 5.74) is 6.42. The van der Waals surface area contributed by atoms with E-state index in [-0.39, 0.29) is 12.5 Å². The van der Waals surface area contributed by atoms with E-state index in [1.54, 1.807) is 25.1 Å². The van der Waals surface area contributed by atoms with Gasteiger partial charge in [0.2, 0.25) is 0 Å². The fraction of sp³-hybridized carbons (Fsp3) is 0.273. The molecule has 1 aromatic carbocycles. The van der Waals surface area contributed by atoms with Crippen LogP contribution in [0.2, 0.25) is 0 Å². The number of hydrogen-bond acceptors (Lipinski definition) is 4. The molecule has 0 unspecified atom stereocenters. The molecular weight excluding hydrogens is 335 g/mol. The molecule has 92 valence electrons. The lowest BCUT2D eigenvalue weighted by Gasteiger charge is -2.07. The second-order valence-electron chi connectivity index (χ2n) is 3.22. The molecule has 3 N–H and O–H groups in total. The number of rotatable bonds is 4. The molecule has 6 heteroatoms. The van der Waals surface area contributed by atoms with Crippen LogP contribution in [0, 0.1) is 3.57 Å². The van der Waals surface area contributed by atoms with Crippen molar-refractivity contribution in [1.29, 1.82) is 0 Å². The molecule has 0 radical (unpaired) electrons. The van der Waals surface area contributed by atoms with Crippen molar-refractivity contribution in [2.75, 3.05) is 18.9 Å². The minimum Gasteiger partial charge on any atom is -0.465 e. The third-order valence-corrected chi connectivity index (χ3v) is 2.63. The number of anilines is 1. The topological polar surface area (TPSA) is 81.4 Å². The second kappa shape index (κ2) is 6.43. The van der Waals surface area contributed by atoms with E-state index >= 15 is 0 Å². The van der Waals surface area contributed by atoms with E-state index in [0.29, 0.717) is 17.9 Å². The SMILES string of the molecule is CCOC(=O)CNC(=O)c1cc(I)ccc1N. The highest BCUT2D eigenvalue weighted by Gasteiger charge is 2.11. The summed E-state index contributed by atoms with van der Waals surface area (Å²) in [4.78, 5) is 22.8. The molecule has 1 rings (SSSR count). The van der Waals surface area contributed by atoms with Crippen LogP contribution in [0.1, 0.15) is 17.3 Å². The number of halogens is 1. The van der Waals surface area contributed by atoms with Gasteiger partial charge in [-0.1, -0.05) is 0 Å². The minimum atomic E-state index is -0.468. The smallest absolute Gasteiger partial charge is 0.325 e. The quantitative estimate of drug-likeness (QED) is 0.486. The largest absolute Gasteiger partial charge is 0.465 e. The van der Waals surface area contributed by atoms with Gasteiger partial charge < -0.3 is 15.8 Å². The van der Waals surface area contributed by atoms with Crippen LogP contribution in [0.25, 0.3) is 0 Å². The van der Waals surface area contributed by atoms with E-state index < -0.39 is 5.97 Å². The molecule has 0 atom stereocenters. The summed E-state index contributed by atoms with van der Waals surface area (Å²) in [7, 11) is 0. The standard InChI is InChI=1S/C11H13IN2O3/c1-2-17-10(15)6-14-11(16)8-5-7(12)3-4-9(8)13/h3-5H,2,6,13H2,1H3,(H,14,16). The van der Waals surface area contributed by atoms with E-state index in [9.17, 15) is 9.59 Å². The Morgan fingerprint density at radius 2 is 2.18 bits per heavy atom. The molecule has 0 fully saturated rings. The molecule has 0 aliphatic carbocycles. The zero-order chi connectivity index (χ0) is 12.8. The fourth-order valence-electron chi connectivity index (χ4n) is 1.18. The second-order valence-corrected chi connectivity index (χ2v) is 4.46. The van der Waals surface area contributed by atoms with E-state index in [1.807, 2.05) is 0 Å². The number of nitrogen functional groups attached to an aromatic ring is 1. The van der Waals surface area contributed by atoms with E-state index in [2.05, 4.69) is 27.9 Å². The first-order valence-corrected chi connectivity index (χ1v) is 6.11. The molecular formula is C11H13IN2O3. The average Bonchev–Trinajstić information content (AvgIpc) is 2.29. The Balaban J connectivity index is 2.64. The molecule has 0 heterocycles. The molecule has 0 saturated carbocycles.